The summed E-state index contributed by atoms with van der Waals surface area (Å²) in [4.78, 5) is 4.27. The van der Waals surface area contributed by atoms with E-state index in [-0.39, 0.29) is 24.0 Å². The highest BCUT2D eigenvalue weighted by Gasteiger charge is 2.25. The third-order valence-corrected chi connectivity index (χ3v) is 4.06. The lowest BCUT2D eigenvalue weighted by Gasteiger charge is -2.30. The van der Waals surface area contributed by atoms with Crippen LogP contribution < -0.4 is 10.6 Å². The van der Waals surface area contributed by atoms with Gasteiger partial charge in [0, 0.05) is 32.8 Å². The molecule has 0 bridgehead atoms. The topological polar surface area (TPSA) is 54.2 Å². The summed E-state index contributed by atoms with van der Waals surface area (Å²) in [5.74, 6) is 1.43. The first-order valence-electron chi connectivity index (χ1n) is 7.27. The minimum Gasteiger partial charge on any atom is -0.356 e. The number of aliphatic imine (C=N–C) groups is 1. The van der Waals surface area contributed by atoms with E-state index in [1.54, 1.807) is 13.2 Å². The summed E-state index contributed by atoms with van der Waals surface area (Å²) in [6, 6.07) is 10.7. The summed E-state index contributed by atoms with van der Waals surface area (Å²) in [6.07, 6.45) is 2.96. The maximum Gasteiger partial charge on any atom is 0.191 e. The molecule has 0 saturated heterocycles. The molecule has 1 heterocycles. The first-order valence-corrected chi connectivity index (χ1v) is 7.27. The average Bonchev–Trinajstić information content (AvgIpc) is 2.88. The van der Waals surface area contributed by atoms with E-state index < -0.39 is 0 Å². The van der Waals surface area contributed by atoms with Crippen molar-refractivity contribution in [1.82, 2.24) is 20.4 Å². The third kappa shape index (κ3) is 3.60. The van der Waals surface area contributed by atoms with Crippen molar-refractivity contribution in [3.63, 3.8) is 0 Å². The smallest absolute Gasteiger partial charge is 0.191 e. The van der Waals surface area contributed by atoms with E-state index in [9.17, 15) is 0 Å². The third-order valence-electron chi connectivity index (χ3n) is 4.06. The van der Waals surface area contributed by atoms with Crippen LogP contribution in [0.1, 0.15) is 22.7 Å². The number of hydrogen-bond acceptors (Lipinski definition) is 2. The Labute approximate surface area is 148 Å². The molecular formula is C16H22IN5. The lowest BCUT2D eigenvalue weighted by molar-refractivity contribution is 0.582. The van der Waals surface area contributed by atoms with Gasteiger partial charge in [0.15, 0.2) is 5.96 Å². The molecule has 1 aromatic heterocycles. The number of halogens is 1. The number of guanidine groups is 1. The van der Waals surface area contributed by atoms with Crippen molar-refractivity contribution < 1.29 is 0 Å². The number of aryl methyl sites for hydroxylation is 1. The molecule has 2 aromatic rings. The quantitative estimate of drug-likeness (QED) is 0.460. The maximum absolute atomic E-state index is 4.27. The van der Waals surface area contributed by atoms with Crippen LogP contribution in [0.5, 0.6) is 0 Å². The van der Waals surface area contributed by atoms with Crippen LogP contribution >= 0.6 is 24.0 Å². The van der Waals surface area contributed by atoms with E-state index in [1.807, 2.05) is 17.8 Å². The first-order chi connectivity index (χ1) is 10.3. The summed E-state index contributed by atoms with van der Waals surface area (Å²) in [5, 5.41) is 10.9. The van der Waals surface area contributed by atoms with Crippen molar-refractivity contribution in [3.8, 4) is 0 Å². The molecule has 1 aliphatic carbocycles. The Morgan fingerprint density at radius 1 is 1.32 bits per heavy atom. The van der Waals surface area contributed by atoms with Crippen LogP contribution in [-0.4, -0.2) is 29.3 Å². The summed E-state index contributed by atoms with van der Waals surface area (Å²) >= 11 is 0. The van der Waals surface area contributed by atoms with Gasteiger partial charge < -0.3 is 10.6 Å². The Balaban J connectivity index is 0.00000176. The predicted octanol–water partition coefficient (Wildman–Crippen LogP) is 2.04. The van der Waals surface area contributed by atoms with E-state index >= 15 is 0 Å². The molecule has 118 valence electrons. The molecule has 1 atom stereocenters. The molecule has 0 fully saturated rings. The molecule has 3 rings (SSSR count). The van der Waals surface area contributed by atoms with Gasteiger partial charge in [0.2, 0.25) is 0 Å². The minimum atomic E-state index is 0. The number of rotatable bonds is 4. The van der Waals surface area contributed by atoms with Gasteiger partial charge >= 0.3 is 0 Å². The van der Waals surface area contributed by atoms with E-state index in [1.165, 1.54) is 11.1 Å². The van der Waals surface area contributed by atoms with Crippen molar-refractivity contribution >= 4 is 29.9 Å². The van der Waals surface area contributed by atoms with Gasteiger partial charge in [-0.1, -0.05) is 24.3 Å². The summed E-state index contributed by atoms with van der Waals surface area (Å²) in [5.41, 5.74) is 4.07. The van der Waals surface area contributed by atoms with Crippen LogP contribution in [0.2, 0.25) is 0 Å². The van der Waals surface area contributed by atoms with E-state index in [0.717, 1.165) is 31.2 Å². The number of fused-ring (bicyclic) bond motifs is 1. The molecule has 0 saturated carbocycles. The zero-order valence-corrected chi connectivity index (χ0v) is 15.2. The molecule has 5 nitrogen and oxygen atoms in total. The van der Waals surface area contributed by atoms with Gasteiger partial charge in [0.1, 0.15) is 0 Å². The molecule has 1 unspecified atom stereocenters. The van der Waals surface area contributed by atoms with Crippen LogP contribution in [0.15, 0.2) is 41.5 Å². The van der Waals surface area contributed by atoms with Gasteiger partial charge in [0.25, 0.3) is 0 Å². The SMILES string of the molecule is CN=C(NCc1ccnn1C)NCC1Cc2ccccc21.I. The summed E-state index contributed by atoms with van der Waals surface area (Å²) in [7, 11) is 3.74. The van der Waals surface area contributed by atoms with Crippen molar-refractivity contribution in [2.24, 2.45) is 12.0 Å². The zero-order valence-electron chi connectivity index (χ0n) is 12.9. The van der Waals surface area contributed by atoms with Gasteiger partial charge in [-0.15, -0.1) is 24.0 Å². The predicted molar refractivity (Wildman–Crippen MR) is 99.7 cm³/mol. The highest BCUT2D eigenvalue weighted by atomic mass is 127. The molecule has 0 aliphatic heterocycles. The van der Waals surface area contributed by atoms with Crippen LogP contribution in [0, 0.1) is 0 Å². The number of benzene rings is 1. The molecule has 22 heavy (non-hydrogen) atoms. The molecular weight excluding hydrogens is 389 g/mol. The van der Waals surface area contributed by atoms with Crippen LogP contribution in [0.25, 0.3) is 0 Å². The summed E-state index contributed by atoms with van der Waals surface area (Å²) in [6.45, 7) is 1.64. The van der Waals surface area contributed by atoms with E-state index in [2.05, 4.69) is 45.0 Å². The van der Waals surface area contributed by atoms with Gasteiger partial charge in [-0.05, 0) is 23.6 Å². The first kappa shape index (κ1) is 16.8. The van der Waals surface area contributed by atoms with Crippen molar-refractivity contribution in [3.05, 3.63) is 53.3 Å². The van der Waals surface area contributed by atoms with E-state index in [4.69, 9.17) is 0 Å². The molecule has 0 spiro atoms. The van der Waals surface area contributed by atoms with Crippen LogP contribution in [-0.2, 0) is 20.0 Å². The molecule has 1 aromatic carbocycles. The summed E-state index contributed by atoms with van der Waals surface area (Å²) < 4.78 is 1.86. The largest absolute Gasteiger partial charge is 0.356 e. The molecule has 6 heteroatoms. The lowest BCUT2D eigenvalue weighted by atomic mass is 9.78. The van der Waals surface area contributed by atoms with Crippen molar-refractivity contribution in [2.45, 2.75) is 18.9 Å². The molecule has 1 aliphatic rings. The van der Waals surface area contributed by atoms with Crippen molar-refractivity contribution in [1.29, 1.82) is 0 Å². The number of nitrogens with zero attached hydrogens (tertiary/aromatic N) is 3. The minimum absolute atomic E-state index is 0. The second kappa shape index (κ2) is 7.62. The highest BCUT2D eigenvalue weighted by molar-refractivity contribution is 14.0. The zero-order chi connectivity index (χ0) is 14.7. The van der Waals surface area contributed by atoms with E-state index in [0.29, 0.717) is 5.92 Å². The highest BCUT2D eigenvalue weighted by Crippen LogP contribution is 2.33. The fraction of sp³-hybridized carbons (Fsp3) is 0.375. The Hall–Kier alpha value is -1.57. The fourth-order valence-corrected chi connectivity index (χ4v) is 2.73. The van der Waals surface area contributed by atoms with Gasteiger partial charge in [-0.2, -0.15) is 5.10 Å². The van der Waals surface area contributed by atoms with Crippen LogP contribution in [0.3, 0.4) is 0 Å². The monoisotopic (exact) mass is 411 g/mol. The van der Waals surface area contributed by atoms with Gasteiger partial charge in [0.05, 0.1) is 12.2 Å². The van der Waals surface area contributed by atoms with Gasteiger partial charge in [-0.3, -0.25) is 9.67 Å². The molecule has 0 radical (unpaired) electrons. The second-order valence-electron chi connectivity index (χ2n) is 5.35. The van der Waals surface area contributed by atoms with Gasteiger partial charge in [-0.25, -0.2) is 0 Å². The number of aromatic nitrogens is 2. The van der Waals surface area contributed by atoms with Crippen molar-refractivity contribution in [2.75, 3.05) is 13.6 Å². The molecule has 2 N–H and O–H groups in total. The average molecular weight is 411 g/mol. The lowest BCUT2D eigenvalue weighted by Crippen LogP contribution is -2.41. The normalized spacial score (nSPS) is 16.3. The molecule has 0 amide bonds. The standard InChI is InChI=1S/C16H21N5.HI/c1-17-16(19-11-14-7-8-20-21(14)2)18-10-13-9-12-5-3-4-6-15(12)13;/h3-8,13H,9-11H2,1-2H3,(H2,17,18,19);1H. The Bertz CT molecular complexity index is 649. The Morgan fingerprint density at radius 3 is 2.82 bits per heavy atom. The number of hydrogen-bond donors (Lipinski definition) is 2. The fourth-order valence-electron chi connectivity index (χ4n) is 2.73. The maximum atomic E-state index is 4.27. The van der Waals surface area contributed by atoms with Crippen LogP contribution in [0.4, 0.5) is 0 Å². The Kier molecular flexibility index (Phi) is 5.82. The Morgan fingerprint density at radius 2 is 2.14 bits per heavy atom. The number of nitrogens with one attached hydrogen (secondary N) is 2. The second-order valence-corrected chi connectivity index (χ2v) is 5.35.